The van der Waals surface area contributed by atoms with E-state index in [9.17, 15) is 4.79 Å². The van der Waals surface area contributed by atoms with Gasteiger partial charge < -0.3 is 0 Å². The highest BCUT2D eigenvalue weighted by Crippen LogP contribution is 2.44. The van der Waals surface area contributed by atoms with Gasteiger partial charge in [-0.05, 0) is 18.8 Å². The monoisotopic (exact) mass is 160 g/mol. The lowest BCUT2D eigenvalue weighted by molar-refractivity contribution is -0.120. The molecule has 1 nitrogen and oxygen atoms in total. The lowest BCUT2D eigenvalue weighted by Gasteiger charge is -2.06. The molecule has 10 heavy (non-hydrogen) atoms. The lowest BCUT2D eigenvalue weighted by Crippen LogP contribution is -2.17. The zero-order chi connectivity index (χ0) is 7.78. The fourth-order valence-corrected chi connectivity index (χ4v) is 1.11. The highest BCUT2D eigenvalue weighted by atomic mass is 35.5. The van der Waals surface area contributed by atoms with E-state index in [1.807, 2.05) is 13.8 Å². The second-order valence-electron chi connectivity index (χ2n) is 3.49. The van der Waals surface area contributed by atoms with Crippen molar-refractivity contribution in [3.05, 3.63) is 0 Å². The molecule has 0 aromatic rings. The van der Waals surface area contributed by atoms with E-state index >= 15 is 0 Å². The third kappa shape index (κ3) is 1.72. The number of rotatable bonds is 3. The van der Waals surface area contributed by atoms with Crippen LogP contribution in [0.5, 0.6) is 0 Å². The summed E-state index contributed by atoms with van der Waals surface area (Å²) in [6.07, 6.45) is 2.42. The number of alkyl halides is 1. The second kappa shape index (κ2) is 2.54. The molecule has 0 aromatic carbocycles. The lowest BCUT2D eigenvalue weighted by atomic mass is 10.0. The summed E-state index contributed by atoms with van der Waals surface area (Å²) in [7, 11) is 0. The van der Waals surface area contributed by atoms with E-state index in [1.165, 1.54) is 0 Å². The molecule has 1 aliphatic carbocycles. The molecule has 2 heteroatoms. The fourth-order valence-electron chi connectivity index (χ4n) is 0.942. The van der Waals surface area contributed by atoms with E-state index in [-0.39, 0.29) is 5.78 Å². The molecule has 0 heterocycles. The van der Waals surface area contributed by atoms with Gasteiger partial charge in [0.25, 0.3) is 0 Å². The van der Waals surface area contributed by atoms with E-state index < -0.39 is 4.87 Å². The van der Waals surface area contributed by atoms with Crippen molar-refractivity contribution in [1.29, 1.82) is 0 Å². The van der Waals surface area contributed by atoms with Crippen LogP contribution in [-0.4, -0.2) is 10.7 Å². The van der Waals surface area contributed by atoms with Crippen LogP contribution < -0.4 is 0 Å². The highest BCUT2D eigenvalue weighted by Gasteiger charge is 2.47. The van der Waals surface area contributed by atoms with Crippen molar-refractivity contribution in [3.63, 3.8) is 0 Å². The Kier molecular flexibility index (Phi) is 2.04. The van der Waals surface area contributed by atoms with Crippen LogP contribution in [0, 0.1) is 5.92 Å². The Balaban J connectivity index is 2.35. The molecule has 0 aromatic heterocycles. The van der Waals surface area contributed by atoms with Gasteiger partial charge in [0.2, 0.25) is 0 Å². The predicted octanol–water partition coefficient (Wildman–Crippen LogP) is 2.37. The third-order valence-corrected chi connectivity index (χ3v) is 2.37. The minimum absolute atomic E-state index is 0.240. The van der Waals surface area contributed by atoms with E-state index in [2.05, 4.69) is 0 Å². The van der Waals surface area contributed by atoms with Crippen molar-refractivity contribution in [1.82, 2.24) is 0 Å². The van der Waals surface area contributed by atoms with Crippen LogP contribution >= 0.6 is 11.6 Å². The van der Waals surface area contributed by atoms with Gasteiger partial charge in [-0.25, -0.2) is 0 Å². The van der Waals surface area contributed by atoms with Gasteiger partial charge in [0.1, 0.15) is 4.87 Å². The van der Waals surface area contributed by atoms with Gasteiger partial charge in [0.15, 0.2) is 5.78 Å². The molecule has 0 N–H and O–H groups in total. The molecule has 0 radical (unpaired) electrons. The van der Waals surface area contributed by atoms with Gasteiger partial charge in [-0.1, -0.05) is 13.8 Å². The molecule has 0 amide bonds. The summed E-state index contributed by atoms with van der Waals surface area (Å²) in [4.78, 5) is 10.8. The van der Waals surface area contributed by atoms with Crippen LogP contribution in [0.25, 0.3) is 0 Å². The van der Waals surface area contributed by atoms with Crippen molar-refractivity contribution >= 4 is 17.4 Å². The van der Waals surface area contributed by atoms with E-state index in [0.29, 0.717) is 12.3 Å². The Morgan fingerprint density at radius 2 is 2.10 bits per heavy atom. The highest BCUT2D eigenvalue weighted by molar-refractivity contribution is 6.37. The van der Waals surface area contributed by atoms with Gasteiger partial charge in [0, 0.05) is 6.42 Å². The molecule has 0 saturated heterocycles. The van der Waals surface area contributed by atoms with Crippen LogP contribution in [0.1, 0.15) is 33.1 Å². The Labute approximate surface area is 66.8 Å². The molecule has 58 valence electrons. The quantitative estimate of drug-likeness (QED) is 0.580. The maximum Gasteiger partial charge on any atom is 0.154 e. The van der Waals surface area contributed by atoms with Gasteiger partial charge in [-0.3, -0.25) is 4.79 Å². The van der Waals surface area contributed by atoms with Crippen LogP contribution in [-0.2, 0) is 4.79 Å². The smallest absolute Gasteiger partial charge is 0.154 e. The average Bonchev–Trinajstić information content (AvgIpc) is 2.47. The van der Waals surface area contributed by atoms with Crippen LogP contribution in [0.4, 0.5) is 0 Å². The molecule has 1 rings (SSSR count). The minimum Gasteiger partial charge on any atom is -0.298 e. The first kappa shape index (κ1) is 8.06. The fraction of sp³-hybridized carbons (Fsp3) is 0.875. The van der Waals surface area contributed by atoms with Crippen LogP contribution in [0.2, 0.25) is 0 Å². The first-order valence-corrected chi connectivity index (χ1v) is 4.14. The second-order valence-corrected chi connectivity index (χ2v) is 4.21. The van der Waals surface area contributed by atoms with E-state index in [0.717, 1.165) is 12.8 Å². The largest absolute Gasteiger partial charge is 0.298 e. The molecule has 1 aliphatic rings. The third-order valence-electron chi connectivity index (χ3n) is 1.78. The van der Waals surface area contributed by atoms with Crippen molar-refractivity contribution < 1.29 is 4.79 Å². The summed E-state index contributed by atoms with van der Waals surface area (Å²) in [5.41, 5.74) is 0. The number of carbonyl (C=O) groups excluding carboxylic acids is 1. The Hall–Kier alpha value is -0.0400. The maximum atomic E-state index is 11.2. The van der Waals surface area contributed by atoms with Gasteiger partial charge in [-0.2, -0.15) is 0 Å². The van der Waals surface area contributed by atoms with Crippen molar-refractivity contribution in [3.8, 4) is 0 Å². The molecule has 0 aliphatic heterocycles. The summed E-state index contributed by atoms with van der Waals surface area (Å²) in [5.74, 6) is 0.688. The standard InChI is InChI=1S/C8H13ClO/c1-6(2)5-7(10)8(9)3-4-8/h6H,3-5H2,1-2H3. The summed E-state index contributed by atoms with van der Waals surface area (Å²) in [6, 6.07) is 0. The SMILES string of the molecule is CC(C)CC(=O)C1(Cl)CC1. The van der Waals surface area contributed by atoms with Crippen LogP contribution in [0.15, 0.2) is 0 Å². The average molecular weight is 161 g/mol. The van der Waals surface area contributed by atoms with Crippen molar-refractivity contribution in [2.75, 3.05) is 0 Å². The Morgan fingerprint density at radius 3 is 2.40 bits per heavy atom. The number of hydrogen-bond donors (Lipinski definition) is 0. The minimum atomic E-state index is -0.426. The van der Waals surface area contributed by atoms with Gasteiger partial charge in [-0.15, -0.1) is 11.6 Å². The van der Waals surface area contributed by atoms with Gasteiger partial charge in [0.05, 0.1) is 0 Å². The van der Waals surface area contributed by atoms with Crippen molar-refractivity contribution in [2.45, 2.75) is 38.0 Å². The molecule has 0 spiro atoms. The van der Waals surface area contributed by atoms with Gasteiger partial charge >= 0.3 is 0 Å². The maximum absolute atomic E-state index is 11.2. The van der Waals surface area contributed by atoms with Crippen molar-refractivity contribution in [2.24, 2.45) is 5.92 Å². The number of halogens is 1. The Bertz CT molecular complexity index is 147. The zero-order valence-electron chi connectivity index (χ0n) is 6.48. The molecule has 0 atom stereocenters. The normalized spacial score (nSPS) is 21.2. The van der Waals surface area contributed by atoms with Crippen LogP contribution in [0.3, 0.4) is 0 Å². The number of Topliss-reactive ketones (excluding diaryl/α,β-unsaturated/α-hetero) is 1. The summed E-state index contributed by atoms with van der Waals surface area (Å²) in [6.45, 7) is 4.08. The zero-order valence-corrected chi connectivity index (χ0v) is 7.24. The first-order valence-electron chi connectivity index (χ1n) is 3.77. The topological polar surface area (TPSA) is 17.1 Å². The molecular weight excluding hydrogens is 148 g/mol. The molecule has 0 bridgehead atoms. The molecule has 1 saturated carbocycles. The summed E-state index contributed by atoms with van der Waals surface area (Å²) in [5, 5.41) is 0. The van der Waals surface area contributed by atoms with E-state index in [1.54, 1.807) is 0 Å². The predicted molar refractivity (Wildman–Crippen MR) is 42.3 cm³/mol. The molecular formula is C8H13ClO. The molecule has 0 unspecified atom stereocenters. The number of ketones is 1. The Morgan fingerprint density at radius 1 is 1.60 bits per heavy atom. The first-order chi connectivity index (χ1) is 4.54. The number of carbonyl (C=O) groups is 1. The number of hydrogen-bond acceptors (Lipinski definition) is 1. The molecule has 1 fully saturated rings. The van der Waals surface area contributed by atoms with E-state index in [4.69, 9.17) is 11.6 Å². The summed E-state index contributed by atoms with van der Waals surface area (Å²) < 4.78 is 0. The summed E-state index contributed by atoms with van der Waals surface area (Å²) >= 11 is 5.89.